The van der Waals surface area contributed by atoms with E-state index < -0.39 is 0 Å². The van der Waals surface area contributed by atoms with Crippen LogP contribution in [0.5, 0.6) is 0 Å². The summed E-state index contributed by atoms with van der Waals surface area (Å²) in [5, 5.41) is 9.25. The summed E-state index contributed by atoms with van der Waals surface area (Å²) < 4.78 is 4.78. The van der Waals surface area contributed by atoms with Gasteiger partial charge in [0, 0.05) is 10.8 Å². The van der Waals surface area contributed by atoms with E-state index in [9.17, 15) is 4.79 Å². The molecule has 0 saturated carbocycles. The second-order valence-corrected chi connectivity index (χ2v) is 5.21. The minimum Gasteiger partial charge on any atom is -0.465 e. The summed E-state index contributed by atoms with van der Waals surface area (Å²) in [7, 11) is 1.37. The Morgan fingerprint density at radius 3 is 2.83 bits per heavy atom. The molecular weight excluding hydrogens is 290 g/mol. The predicted octanol–water partition coefficient (Wildman–Crippen LogP) is 3.56. The molecule has 0 saturated heterocycles. The van der Waals surface area contributed by atoms with E-state index in [0.29, 0.717) is 5.56 Å². The number of hydrogen-bond donors (Lipinski definition) is 1. The second-order valence-electron chi connectivity index (χ2n) is 5.21. The molecule has 0 atom stereocenters. The van der Waals surface area contributed by atoms with Gasteiger partial charge in [-0.3, -0.25) is 5.10 Å². The van der Waals surface area contributed by atoms with Crippen molar-refractivity contribution in [3.8, 4) is 11.4 Å². The molecule has 0 aliphatic heterocycles. The number of pyridine rings is 1. The highest BCUT2D eigenvalue weighted by Gasteiger charge is 2.13. The number of esters is 1. The SMILES string of the molecule is COC(=O)c1ccc2[nH]nc(-c3ccc4ccccc4n3)c2c1. The molecule has 0 spiro atoms. The van der Waals surface area contributed by atoms with E-state index in [2.05, 4.69) is 15.2 Å². The van der Waals surface area contributed by atoms with Gasteiger partial charge >= 0.3 is 5.97 Å². The molecule has 5 heteroatoms. The van der Waals surface area contributed by atoms with Crippen LogP contribution < -0.4 is 0 Å². The van der Waals surface area contributed by atoms with Crippen LogP contribution in [0.1, 0.15) is 10.4 Å². The molecule has 2 heterocycles. The Balaban J connectivity index is 1.91. The predicted molar refractivity (Wildman–Crippen MR) is 88.2 cm³/mol. The Morgan fingerprint density at radius 2 is 1.96 bits per heavy atom. The average molecular weight is 303 g/mol. The Morgan fingerprint density at radius 1 is 1.09 bits per heavy atom. The number of H-pyrrole nitrogens is 1. The summed E-state index contributed by atoms with van der Waals surface area (Å²) in [6.45, 7) is 0. The maximum absolute atomic E-state index is 11.7. The van der Waals surface area contributed by atoms with Crippen LogP contribution in [0.2, 0.25) is 0 Å². The number of nitrogens with zero attached hydrogens (tertiary/aromatic N) is 2. The normalized spacial score (nSPS) is 11.0. The Hall–Kier alpha value is -3.21. The fourth-order valence-corrected chi connectivity index (χ4v) is 2.65. The van der Waals surface area contributed by atoms with E-state index in [-0.39, 0.29) is 5.97 Å². The van der Waals surface area contributed by atoms with Crippen LogP contribution >= 0.6 is 0 Å². The van der Waals surface area contributed by atoms with Crippen molar-refractivity contribution in [1.82, 2.24) is 15.2 Å². The summed E-state index contributed by atoms with van der Waals surface area (Å²) in [5.41, 5.74) is 3.73. The van der Waals surface area contributed by atoms with Crippen molar-refractivity contribution in [2.75, 3.05) is 7.11 Å². The first-order valence-electron chi connectivity index (χ1n) is 7.19. The van der Waals surface area contributed by atoms with Crippen molar-refractivity contribution in [2.45, 2.75) is 0 Å². The highest BCUT2D eigenvalue weighted by molar-refractivity contribution is 5.99. The Bertz CT molecular complexity index is 1040. The van der Waals surface area contributed by atoms with Crippen molar-refractivity contribution in [2.24, 2.45) is 0 Å². The summed E-state index contributed by atoms with van der Waals surface area (Å²) >= 11 is 0. The number of nitrogens with one attached hydrogen (secondary N) is 1. The zero-order valence-corrected chi connectivity index (χ0v) is 12.4. The molecule has 1 N–H and O–H groups in total. The average Bonchev–Trinajstić information content (AvgIpc) is 3.03. The number of para-hydroxylation sites is 1. The summed E-state index contributed by atoms with van der Waals surface area (Å²) in [4.78, 5) is 16.4. The fourth-order valence-electron chi connectivity index (χ4n) is 2.65. The third kappa shape index (κ3) is 2.23. The number of benzene rings is 2. The number of aromatic amines is 1. The molecule has 4 rings (SSSR count). The Labute approximate surface area is 131 Å². The molecule has 5 nitrogen and oxygen atoms in total. The molecule has 2 aromatic heterocycles. The van der Waals surface area contributed by atoms with Gasteiger partial charge < -0.3 is 4.74 Å². The van der Waals surface area contributed by atoms with Crippen LogP contribution in [-0.2, 0) is 4.74 Å². The number of fused-ring (bicyclic) bond motifs is 2. The first kappa shape index (κ1) is 13.5. The van der Waals surface area contributed by atoms with Crippen LogP contribution in [0.25, 0.3) is 33.2 Å². The van der Waals surface area contributed by atoms with Crippen molar-refractivity contribution in [3.05, 3.63) is 60.2 Å². The van der Waals surface area contributed by atoms with E-state index in [0.717, 1.165) is 33.2 Å². The van der Waals surface area contributed by atoms with Gasteiger partial charge in [0.15, 0.2) is 0 Å². The van der Waals surface area contributed by atoms with E-state index >= 15 is 0 Å². The van der Waals surface area contributed by atoms with Crippen LogP contribution in [0.3, 0.4) is 0 Å². The quantitative estimate of drug-likeness (QED) is 0.575. The second kappa shape index (κ2) is 5.21. The molecule has 23 heavy (non-hydrogen) atoms. The van der Waals surface area contributed by atoms with Crippen LogP contribution in [0, 0.1) is 0 Å². The van der Waals surface area contributed by atoms with Gasteiger partial charge in [-0.05, 0) is 30.3 Å². The molecule has 0 fully saturated rings. The van der Waals surface area contributed by atoms with Crippen molar-refractivity contribution in [3.63, 3.8) is 0 Å². The number of methoxy groups -OCH3 is 1. The monoisotopic (exact) mass is 303 g/mol. The molecule has 0 radical (unpaired) electrons. The van der Waals surface area contributed by atoms with Gasteiger partial charge in [0.2, 0.25) is 0 Å². The van der Waals surface area contributed by atoms with Gasteiger partial charge in [0.05, 0.1) is 29.4 Å². The lowest BCUT2D eigenvalue weighted by atomic mass is 10.1. The maximum atomic E-state index is 11.7. The lowest BCUT2D eigenvalue weighted by molar-refractivity contribution is 0.0601. The molecular formula is C18H13N3O2. The molecule has 0 unspecified atom stereocenters. The molecule has 2 aromatic carbocycles. The number of hydrogen-bond acceptors (Lipinski definition) is 4. The van der Waals surface area contributed by atoms with Crippen molar-refractivity contribution in [1.29, 1.82) is 0 Å². The highest BCUT2D eigenvalue weighted by atomic mass is 16.5. The summed E-state index contributed by atoms with van der Waals surface area (Å²) in [6.07, 6.45) is 0. The van der Waals surface area contributed by atoms with Gasteiger partial charge in [-0.15, -0.1) is 0 Å². The first-order valence-corrected chi connectivity index (χ1v) is 7.19. The minimum absolute atomic E-state index is 0.370. The molecule has 0 aliphatic carbocycles. The van der Waals surface area contributed by atoms with Crippen LogP contribution in [0.4, 0.5) is 0 Å². The van der Waals surface area contributed by atoms with Gasteiger partial charge in [-0.25, -0.2) is 9.78 Å². The number of aromatic nitrogens is 3. The number of carbonyl (C=O) groups excluding carboxylic acids is 1. The van der Waals surface area contributed by atoms with Crippen molar-refractivity contribution < 1.29 is 9.53 Å². The van der Waals surface area contributed by atoms with Gasteiger partial charge in [-0.2, -0.15) is 5.10 Å². The number of carbonyl (C=O) groups is 1. The van der Waals surface area contributed by atoms with Gasteiger partial charge in [0.25, 0.3) is 0 Å². The van der Waals surface area contributed by atoms with E-state index in [4.69, 9.17) is 4.74 Å². The van der Waals surface area contributed by atoms with Crippen LogP contribution in [-0.4, -0.2) is 28.3 Å². The van der Waals surface area contributed by atoms with Crippen LogP contribution in [0.15, 0.2) is 54.6 Å². The lowest BCUT2D eigenvalue weighted by Gasteiger charge is -2.02. The van der Waals surface area contributed by atoms with Gasteiger partial charge in [-0.1, -0.05) is 24.3 Å². The fraction of sp³-hybridized carbons (Fsp3) is 0.0556. The minimum atomic E-state index is -0.370. The molecule has 0 aliphatic rings. The summed E-state index contributed by atoms with van der Waals surface area (Å²) in [6, 6.07) is 17.2. The largest absolute Gasteiger partial charge is 0.465 e. The zero-order chi connectivity index (χ0) is 15.8. The third-order valence-electron chi connectivity index (χ3n) is 3.82. The molecule has 0 bridgehead atoms. The number of ether oxygens (including phenoxy) is 1. The molecule has 4 aromatic rings. The third-order valence-corrected chi connectivity index (χ3v) is 3.82. The highest BCUT2D eigenvalue weighted by Crippen LogP contribution is 2.27. The number of rotatable bonds is 2. The van der Waals surface area contributed by atoms with Crippen molar-refractivity contribution >= 4 is 27.8 Å². The molecule has 112 valence electrons. The standard InChI is InChI=1S/C18H13N3O2/c1-23-18(22)12-7-8-15-13(10-12)17(21-20-15)16-9-6-11-4-2-3-5-14(11)19-16/h2-10H,1H3,(H,20,21). The maximum Gasteiger partial charge on any atom is 0.337 e. The van der Waals surface area contributed by atoms with E-state index in [1.54, 1.807) is 12.1 Å². The topological polar surface area (TPSA) is 67.9 Å². The van der Waals surface area contributed by atoms with E-state index in [1.807, 2.05) is 42.5 Å². The lowest BCUT2D eigenvalue weighted by Crippen LogP contribution is -2.00. The zero-order valence-electron chi connectivity index (χ0n) is 12.4. The van der Waals surface area contributed by atoms with Gasteiger partial charge in [0.1, 0.15) is 5.69 Å². The molecule has 0 amide bonds. The summed E-state index contributed by atoms with van der Waals surface area (Å²) in [5.74, 6) is -0.370. The smallest absolute Gasteiger partial charge is 0.337 e. The first-order chi connectivity index (χ1) is 11.3. The Kier molecular flexibility index (Phi) is 3.05. The van der Waals surface area contributed by atoms with E-state index in [1.165, 1.54) is 7.11 Å².